The number of piperidine rings is 1. The maximum atomic E-state index is 12.7. The molecule has 152 valence electrons. The molecule has 4 rings (SSSR count). The molecule has 0 radical (unpaired) electrons. The molecule has 0 aromatic carbocycles. The average molecular weight is 397 g/mol. The number of rotatable bonds is 6. The Kier molecular flexibility index (Phi) is 5.39. The van der Waals surface area contributed by atoms with Crippen molar-refractivity contribution < 1.29 is 18.6 Å². The summed E-state index contributed by atoms with van der Waals surface area (Å²) in [5, 5.41) is 8.11. The lowest BCUT2D eigenvalue weighted by Crippen LogP contribution is -2.46. The first-order valence-electron chi connectivity index (χ1n) is 9.57. The number of aryl methyl sites for hydroxylation is 1. The first kappa shape index (κ1) is 19.3. The minimum Gasteiger partial charge on any atom is -0.385 e. The van der Waals surface area contributed by atoms with Gasteiger partial charge in [-0.25, -0.2) is 0 Å². The predicted molar refractivity (Wildman–Crippen MR) is 102 cm³/mol. The van der Waals surface area contributed by atoms with Crippen LogP contribution in [0.1, 0.15) is 41.3 Å². The smallest absolute Gasteiger partial charge is 0.276 e. The standard InChI is InChI=1S/C20H23N5O4/c1-14-12-16(23-28-14)18(26)25-9-5-20(6-10-25,7-11-27-2)19-22-17(29-24-19)15-4-3-8-21-13-15/h3-4,8,12-13H,5-7,9-11H2,1-2H3. The molecule has 3 aromatic heterocycles. The molecule has 0 atom stereocenters. The van der Waals surface area contributed by atoms with Crippen LogP contribution in [0.15, 0.2) is 39.6 Å². The lowest BCUT2D eigenvalue weighted by Gasteiger charge is -2.39. The Morgan fingerprint density at radius 3 is 2.76 bits per heavy atom. The molecule has 1 amide bonds. The predicted octanol–water partition coefficient (Wildman–Crippen LogP) is 2.64. The number of methoxy groups -OCH3 is 1. The lowest BCUT2D eigenvalue weighted by molar-refractivity contribution is 0.0606. The number of carbonyl (C=O) groups is 1. The SMILES string of the molecule is COCCC1(c2noc(-c3cccnc3)n2)CCN(C(=O)c2cc(C)on2)CC1. The third-order valence-electron chi connectivity index (χ3n) is 5.45. The fraction of sp³-hybridized carbons (Fsp3) is 0.450. The molecule has 0 saturated carbocycles. The molecule has 0 aliphatic carbocycles. The summed E-state index contributed by atoms with van der Waals surface area (Å²) in [4.78, 5) is 23.2. The monoisotopic (exact) mass is 397 g/mol. The first-order valence-corrected chi connectivity index (χ1v) is 9.57. The van der Waals surface area contributed by atoms with Crippen LogP contribution in [-0.4, -0.2) is 57.9 Å². The van der Waals surface area contributed by atoms with Gasteiger partial charge in [-0.05, 0) is 38.3 Å². The van der Waals surface area contributed by atoms with Crippen molar-refractivity contribution in [1.82, 2.24) is 25.2 Å². The van der Waals surface area contributed by atoms with Crippen LogP contribution in [0.3, 0.4) is 0 Å². The fourth-order valence-corrected chi connectivity index (χ4v) is 3.70. The van der Waals surface area contributed by atoms with E-state index in [0.717, 1.165) is 12.0 Å². The fourth-order valence-electron chi connectivity index (χ4n) is 3.70. The summed E-state index contributed by atoms with van der Waals surface area (Å²) < 4.78 is 15.9. The van der Waals surface area contributed by atoms with Gasteiger partial charge in [-0.3, -0.25) is 9.78 Å². The van der Waals surface area contributed by atoms with Gasteiger partial charge in [0.25, 0.3) is 11.8 Å². The molecule has 1 fully saturated rings. The van der Waals surface area contributed by atoms with E-state index in [-0.39, 0.29) is 11.3 Å². The summed E-state index contributed by atoms with van der Waals surface area (Å²) >= 11 is 0. The van der Waals surface area contributed by atoms with Crippen LogP contribution in [-0.2, 0) is 10.2 Å². The highest BCUT2D eigenvalue weighted by Crippen LogP contribution is 2.38. The van der Waals surface area contributed by atoms with Crippen LogP contribution < -0.4 is 0 Å². The molecule has 1 aliphatic rings. The van der Waals surface area contributed by atoms with Gasteiger partial charge in [-0.1, -0.05) is 10.3 Å². The second kappa shape index (κ2) is 8.12. The average Bonchev–Trinajstić information content (AvgIpc) is 3.43. The molecule has 0 spiro atoms. The Morgan fingerprint density at radius 2 is 2.10 bits per heavy atom. The summed E-state index contributed by atoms with van der Waals surface area (Å²) in [5.41, 5.74) is 0.809. The van der Waals surface area contributed by atoms with Crippen LogP contribution in [0.25, 0.3) is 11.5 Å². The maximum Gasteiger partial charge on any atom is 0.276 e. The Labute approximate surface area is 168 Å². The highest BCUT2D eigenvalue weighted by atomic mass is 16.5. The van der Waals surface area contributed by atoms with Crippen molar-refractivity contribution in [3.63, 3.8) is 0 Å². The molecular weight excluding hydrogens is 374 g/mol. The highest BCUT2D eigenvalue weighted by molar-refractivity contribution is 5.92. The van der Waals surface area contributed by atoms with Crippen LogP contribution in [0.4, 0.5) is 0 Å². The highest BCUT2D eigenvalue weighted by Gasteiger charge is 2.41. The van der Waals surface area contributed by atoms with Crippen LogP contribution in [0.5, 0.6) is 0 Å². The van der Waals surface area contributed by atoms with Crippen LogP contribution in [0.2, 0.25) is 0 Å². The zero-order valence-corrected chi connectivity index (χ0v) is 16.5. The summed E-state index contributed by atoms with van der Waals surface area (Å²) in [5.74, 6) is 1.60. The van der Waals surface area contributed by atoms with E-state index >= 15 is 0 Å². The van der Waals surface area contributed by atoms with E-state index in [9.17, 15) is 4.79 Å². The summed E-state index contributed by atoms with van der Waals surface area (Å²) in [7, 11) is 1.68. The molecule has 0 N–H and O–H groups in total. The van der Waals surface area contributed by atoms with Crippen molar-refractivity contribution in [2.24, 2.45) is 0 Å². The van der Waals surface area contributed by atoms with Gasteiger partial charge in [0, 0.05) is 50.7 Å². The van der Waals surface area contributed by atoms with Crippen molar-refractivity contribution in [2.75, 3.05) is 26.8 Å². The van der Waals surface area contributed by atoms with E-state index in [0.29, 0.717) is 55.7 Å². The van der Waals surface area contributed by atoms with E-state index in [2.05, 4.69) is 20.3 Å². The molecule has 1 aliphatic heterocycles. The number of ether oxygens (including phenoxy) is 1. The second-order valence-corrected chi connectivity index (χ2v) is 7.30. The number of likely N-dealkylation sites (tertiary alicyclic amines) is 1. The minimum atomic E-state index is -0.309. The third-order valence-corrected chi connectivity index (χ3v) is 5.45. The van der Waals surface area contributed by atoms with Gasteiger partial charge in [0.15, 0.2) is 11.5 Å². The van der Waals surface area contributed by atoms with Crippen molar-refractivity contribution in [3.8, 4) is 11.5 Å². The van der Waals surface area contributed by atoms with Gasteiger partial charge in [0.1, 0.15) is 5.76 Å². The summed E-state index contributed by atoms with van der Waals surface area (Å²) in [6, 6.07) is 5.37. The number of carbonyl (C=O) groups excluding carboxylic acids is 1. The van der Waals surface area contributed by atoms with Gasteiger partial charge in [-0.15, -0.1) is 0 Å². The quantitative estimate of drug-likeness (QED) is 0.625. The molecule has 3 aromatic rings. The number of hydrogen-bond donors (Lipinski definition) is 0. The number of hydrogen-bond acceptors (Lipinski definition) is 8. The summed E-state index contributed by atoms with van der Waals surface area (Å²) in [6.07, 6.45) is 5.57. The molecule has 29 heavy (non-hydrogen) atoms. The van der Waals surface area contributed by atoms with Gasteiger partial charge in [0.2, 0.25) is 0 Å². The molecule has 0 bridgehead atoms. The van der Waals surface area contributed by atoms with E-state index in [4.69, 9.17) is 13.8 Å². The Hall–Kier alpha value is -3.07. The molecule has 1 saturated heterocycles. The number of aromatic nitrogens is 4. The molecule has 9 nitrogen and oxygen atoms in total. The van der Waals surface area contributed by atoms with E-state index in [1.165, 1.54) is 0 Å². The number of amides is 1. The Bertz CT molecular complexity index is 960. The van der Waals surface area contributed by atoms with Crippen molar-refractivity contribution in [2.45, 2.75) is 31.6 Å². The maximum absolute atomic E-state index is 12.7. The molecule has 9 heteroatoms. The largest absolute Gasteiger partial charge is 0.385 e. The molecule has 4 heterocycles. The zero-order chi connectivity index (χ0) is 20.3. The zero-order valence-electron chi connectivity index (χ0n) is 16.5. The van der Waals surface area contributed by atoms with Gasteiger partial charge >= 0.3 is 0 Å². The third kappa shape index (κ3) is 3.91. The van der Waals surface area contributed by atoms with Crippen LogP contribution in [0, 0.1) is 6.92 Å². The summed E-state index contributed by atoms with van der Waals surface area (Å²) in [6.45, 7) is 3.50. The van der Waals surface area contributed by atoms with Crippen molar-refractivity contribution in [1.29, 1.82) is 0 Å². The lowest BCUT2D eigenvalue weighted by atomic mass is 9.75. The molecular formula is C20H23N5O4. The second-order valence-electron chi connectivity index (χ2n) is 7.30. The van der Waals surface area contributed by atoms with E-state index in [1.807, 2.05) is 12.1 Å². The first-order chi connectivity index (χ1) is 14.1. The Morgan fingerprint density at radius 1 is 1.28 bits per heavy atom. The number of nitrogens with zero attached hydrogens (tertiary/aromatic N) is 5. The van der Waals surface area contributed by atoms with E-state index < -0.39 is 0 Å². The van der Waals surface area contributed by atoms with Gasteiger partial charge in [0.05, 0.1) is 5.56 Å². The van der Waals surface area contributed by atoms with E-state index in [1.54, 1.807) is 37.4 Å². The van der Waals surface area contributed by atoms with Crippen molar-refractivity contribution in [3.05, 3.63) is 47.9 Å². The molecule has 0 unspecified atom stereocenters. The normalized spacial score (nSPS) is 16.1. The van der Waals surface area contributed by atoms with Crippen molar-refractivity contribution >= 4 is 5.91 Å². The minimum absolute atomic E-state index is 0.119. The Balaban J connectivity index is 1.53. The topological polar surface area (TPSA) is 107 Å². The number of pyridine rings is 1. The van der Waals surface area contributed by atoms with Gasteiger partial charge in [-0.2, -0.15) is 4.98 Å². The van der Waals surface area contributed by atoms with Crippen LogP contribution >= 0.6 is 0 Å². The van der Waals surface area contributed by atoms with Gasteiger partial charge < -0.3 is 18.7 Å².